The fourth-order valence-electron chi connectivity index (χ4n) is 2.21. The van der Waals surface area contributed by atoms with Gasteiger partial charge in [0.1, 0.15) is 0 Å². The summed E-state index contributed by atoms with van der Waals surface area (Å²) in [5.41, 5.74) is 1.46. The van der Waals surface area contributed by atoms with Gasteiger partial charge in [-0.1, -0.05) is 25.5 Å². The van der Waals surface area contributed by atoms with Crippen molar-refractivity contribution in [2.24, 2.45) is 11.8 Å². The molecule has 0 saturated carbocycles. The van der Waals surface area contributed by atoms with Gasteiger partial charge < -0.3 is 5.11 Å². The minimum Gasteiger partial charge on any atom is -0.481 e. The maximum Gasteiger partial charge on any atom is 0.304 e. The third-order valence-electron chi connectivity index (χ3n) is 3.23. The van der Waals surface area contributed by atoms with Crippen LogP contribution in [-0.4, -0.2) is 22.1 Å². The maximum atomic E-state index is 10.5. The minimum absolute atomic E-state index is 0.277. The summed E-state index contributed by atoms with van der Waals surface area (Å²) in [5.74, 6) is 1.44. The summed E-state index contributed by atoms with van der Waals surface area (Å²) in [4.78, 5) is 10.5. The first-order valence-electron chi connectivity index (χ1n) is 6.01. The van der Waals surface area contributed by atoms with E-state index in [0.29, 0.717) is 17.1 Å². The number of carboxylic acid groups (broad SMARTS) is 1. The van der Waals surface area contributed by atoms with Gasteiger partial charge in [0.2, 0.25) is 0 Å². The van der Waals surface area contributed by atoms with Crippen molar-refractivity contribution < 1.29 is 9.90 Å². The maximum absolute atomic E-state index is 10.5. The highest BCUT2D eigenvalue weighted by Gasteiger charge is 2.26. The molecule has 0 radical (unpaired) electrons. The summed E-state index contributed by atoms with van der Waals surface area (Å²) < 4.78 is 0. The first-order chi connectivity index (χ1) is 7.50. The Morgan fingerprint density at radius 1 is 1.62 bits per heavy atom. The summed E-state index contributed by atoms with van der Waals surface area (Å²) in [6.07, 6.45) is 5.09. The molecule has 2 nitrogen and oxygen atoms in total. The van der Waals surface area contributed by atoms with E-state index in [1.165, 1.54) is 18.4 Å². The van der Waals surface area contributed by atoms with Crippen molar-refractivity contribution in [3.8, 4) is 0 Å². The van der Waals surface area contributed by atoms with Crippen molar-refractivity contribution in [2.75, 3.05) is 5.75 Å². The van der Waals surface area contributed by atoms with Gasteiger partial charge in [0.25, 0.3) is 0 Å². The van der Waals surface area contributed by atoms with Crippen molar-refractivity contribution >= 4 is 17.7 Å². The number of aliphatic carboxylic acids is 1. The standard InChI is InChI=1S/C13H22O2S/c1-9(2)11-5-4-10(3)8-12(11)16-7-6-13(14)15/h8-9,11-12H,4-7H2,1-3H3,(H,14,15). The number of carbonyl (C=O) groups is 1. The van der Waals surface area contributed by atoms with Crippen LogP contribution in [0, 0.1) is 11.8 Å². The van der Waals surface area contributed by atoms with E-state index in [-0.39, 0.29) is 6.42 Å². The third-order valence-corrected chi connectivity index (χ3v) is 4.54. The molecule has 0 aliphatic heterocycles. The second-order valence-electron chi connectivity index (χ2n) is 4.94. The van der Waals surface area contributed by atoms with E-state index in [9.17, 15) is 4.79 Å². The first-order valence-corrected chi connectivity index (χ1v) is 7.06. The molecule has 0 amide bonds. The van der Waals surface area contributed by atoms with Crippen LogP contribution in [0.5, 0.6) is 0 Å². The zero-order valence-electron chi connectivity index (χ0n) is 10.4. The molecule has 0 bridgehead atoms. The van der Waals surface area contributed by atoms with Crippen LogP contribution in [0.4, 0.5) is 0 Å². The summed E-state index contributed by atoms with van der Waals surface area (Å²) in [6.45, 7) is 6.72. The molecule has 16 heavy (non-hydrogen) atoms. The van der Waals surface area contributed by atoms with E-state index in [0.717, 1.165) is 5.75 Å². The Kier molecular flexibility index (Phi) is 5.39. The van der Waals surface area contributed by atoms with Gasteiger partial charge in [0.15, 0.2) is 0 Å². The number of thioether (sulfide) groups is 1. The van der Waals surface area contributed by atoms with Gasteiger partial charge >= 0.3 is 5.97 Å². The highest BCUT2D eigenvalue weighted by Crippen LogP contribution is 2.36. The normalized spacial score (nSPS) is 25.6. The van der Waals surface area contributed by atoms with Crippen LogP contribution in [0.15, 0.2) is 11.6 Å². The summed E-state index contributed by atoms with van der Waals surface area (Å²) in [7, 11) is 0. The molecular weight excluding hydrogens is 220 g/mol. The monoisotopic (exact) mass is 242 g/mol. The second kappa shape index (κ2) is 6.33. The lowest BCUT2D eigenvalue weighted by Gasteiger charge is -2.32. The van der Waals surface area contributed by atoms with Crippen molar-refractivity contribution in [2.45, 2.75) is 45.3 Å². The first kappa shape index (κ1) is 13.6. The van der Waals surface area contributed by atoms with Gasteiger partial charge in [-0.25, -0.2) is 0 Å². The van der Waals surface area contributed by atoms with Gasteiger partial charge in [-0.05, 0) is 31.6 Å². The minimum atomic E-state index is -0.690. The molecule has 0 fully saturated rings. The lowest BCUT2D eigenvalue weighted by molar-refractivity contribution is -0.136. The molecule has 1 aliphatic rings. The number of hydrogen-bond donors (Lipinski definition) is 1. The predicted octanol–water partition coefficient (Wildman–Crippen LogP) is 3.58. The Hall–Kier alpha value is -0.440. The fourth-order valence-corrected chi connectivity index (χ4v) is 3.80. The van der Waals surface area contributed by atoms with Crippen LogP contribution in [-0.2, 0) is 4.79 Å². The van der Waals surface area contributed by atoms with Crippen molar-refractivity contribution in [3.63, 3.8) is 0 Å². The molecule has 0 aromatic rings. The number of allylic oxidation sites excluding steroid dienone is 1. The molecule has 1 N–H and O–H groups in total. The van der Waals surface area contributed by atoms with Crippen LogP contribution >= 0.6 is 11.8 Å². The molecule has 0 aromatic heterocycles. The smallest absolute Gasteiger partial charge is 0.304 e. The van der Waals surface area contributed by atoms with Gasteiger partial charge in [0.05, 0.1) is 6.42 Å². The van der Waals surface area contributed by atoms with Gasteiger partial charge in [-0.2, -0.15) is 11.8 Å². The number of carboxylic acids is 1. The largest absolute Gasteiger partial charge is 0.481 e. The van der Waals surface area contributed by atoms with Gasteiger partial charge in [0, 0.05) is 11.0 Å². The highest BCUT2D eigenvalue weighted by atomic mass is 32.2. The van der Waals surface area contributed by atoms with E-state index in [1.807, 2.05) is 11.8 Å². The summed E-state index contributed by atoms with van der Waals surface area (Å²) >= 11 is 1.81. The zero-order chi connectivity index (χ0) is 12.1. The van der Waals surface area contributed by atoms with Crippen molar-refractivity contribution in [3.05, 3.63) is 11.6 Å². The second-order valence-corrected chi connectivity index (χ2v) is 6.22. The molecule has 2 unspecified atom stereocenters. The van der Waals surface area contributed by atoms with Crippen LogP contribution < -0.4 is 0 Å². The Balaban J connectivity index is 2.51. The SMILES string of the molecule is CC1=CC(SCCC(=O)O)C(C(C)C)CC1. The Morgan fingerprint density at radius 3 is 2.88 bits per heavy atom. The van der Waals surface area contributed by atoms with Crippen LogP contribution in [0.1, 0.15) is 40.0 Å². The molecule has 0 aromatic carbocycles. The van der Waals surface area contributed by atoms with E-state index >= 15 is 0 Å². The predicted molar refractivity (Wildman–Crippen MR) is 69.8 cm³/mol. The average Bonchev–Trinajstić information content (AvgIpc) is 2.16. The van der Waals surface area contributed by atoms with Crippen molar-refractivity contribution in [1.29, 1.82) is 0 Å². The summed E-state index contributed by atoms with van der Waals surface area (Å²) in [5, 5.41) is 9.16. The molecule has 0 saturated heterocycles. The van der Waals surface area contributed by atoms with E-state index in [1.54, 1.807) is 0 Å². The molecule has 1 aliphatic carbocycles. The lowest BCUT2D eigenvalue weighted by Crippen LogP contribution is -2.25. The number of rotatable bonds is 5. The Labute approximate surface area is 103 Å². The molecular formula is C13H22O2S. The average molecular weight is 242 g/mol. The highest BCUT2D eigenvalue weighted by molar-refractivity contribution is 8.00. The summed E-state index contributed by atoms with van der Waals surface area (Å²) in [6, 6.07) is 0. The van der Waals surface area contributed by atoms with Crippen LogP contribution in [0.2, 0.25) is 0 Å². The van der Waals surface area contributed by atoms with Gasteiger partial charge in [-0.15, -0.1) is 0 Å². The van der Waals surface area contributed by atoms with Crippen molar-refractivity contribution in [1.82, 2.24) is 0 Å². The van der Waals surface area contributed by atoms with Crippen LogP contribution in [0.25, 0.3) is 0 Å². The third kappa shape index (κ3) is 4.20. The molecule has 0 heterocycles. The molecule has 0 spiro atoms. The molecule has 92 valence electrons. The topological polar surface area (TPSA) is 37.3 Å². The Morgan fingerprint density at radius 2 is 2.31 bits per heavy atom. The number of hydrogen-bond acceptors (Lipinski definition) is 2. The zero-order valence-corrected chi connectivity index (χ0v) is 11.2. The quantitative estimate of drug-likeness (QED) is 0.749. The fraction of sp³-hybridized carbons (Fsp3) is 0.769. The van der Waals surface area contributed by atoms with E-state index in [4.69, 9.17) is 5.11 Å². The molecule has 1 rings (SSSR count). The van der Waals surface area contributed by atoms with Crippen LogP contribution in [0.3, 0.4) is 0 Å². The van der Waals surface area contributed by atoms with E-state index < -0.39 is 5.97 Å². The van der Waals surface area contributed by atoms with E-state index in [2.05, 4.69) is 26.8 Å². The molecule has 2 atom stereocenters. The Bertz CT molecular complexity index is 271. The lowest BCUT2D eigenvalue weighted by atomic mass is 9.82. The molecule has 3 heteroatoms. The van der Waals surface area contributed by atoms with Gasteiger partial charge in [-0.3, -0.25) is 4.79 Å².